The molecule has 0 aromatic rings. The number of amides is 2. The zero-order valence-electron chi connectivity index (χ0n) is 8.54. The number of carbonyl (C=O) groups excluding carboxylic acids is 2. The summed E-state index contributed by atoms with van der Waals surface area (Å²) in [5.74, 6) is -0.472. The Kier molecular flexibility index (Phi) is 5.82. The van der Waals surface area contributed by atoms with Gasteiger partial charge in [-0.2, -0.15) is 0 Å². The smallest absolute Gasteiger partial charge is 0.236 e. The first-order valence-corrected chi connectivity index (χ1v) is 4.51. The highest BCUT2D eigenvalue weighted by Crippen LogP contribution is 1.75. The third-order valence-corrected chi connectivity index (χ3v) is 1.55. The molecule has 0 saturated heterocycles. The van der Waals surface area contributed by atoms with Crippen LogP contribution in [0.5, 0.6) is 0 Å². The first kappa shape index (κ1) is 12.9. The Morgan fingerprint density at radius 1 is 1.00 bits per heavy atom. The molecular weight excluding hydrogens is 184 g/mol. The Balaban J connectivity index is 3.48. The Morgan fingerprint density at radius 3 is 1.50 bits per heavy atom. The van der Waals surface area contributed by atoms with Crippen molar-refractivity contribution in [1.29, 1.82) is 0 Å². The van der Waals surface area contributed by atoms with Gasteiger partial charge in [0.05, 0.1) is 12.1 Å². The van der Waals surface area contributed by atoms with Crippen LogP contribution in [0, 0.1) is 0 Å². The standard InChI is InChI=1S/C8H18N4O2/c1-5(9)7(13)11-3-4-12-8(14)6(2)10/h5-6H,3-4,9-10H2,1-2H3,(H,11,13)(H,12,14). The normalized spacial score (nSPS) is 14.3. The Morgan fingerprint density at radius 2 is 1.29 bits per heavy atom. The van der Waals surface area contributed by atoms with Gasteiger partial charge in [-0.25, -0.2) is 0 Å². The molecule has 6 N–H and O–H groups in total. The van der Waals surface area contributed by atoms with Gasteiger partial charge in [0.1, 0.15) is 0 Å². The number of carbonyl (C=O) groups is 2. The highest BCUT2D eigenvalue weighted by Gasteiger charge is 2.07. The van der Waals surface area contributed by atoms with Crippen LogP contribution in [-0.2, 0) is 9.59 Å². The third-order valence-electron chi connectivity index (χ3n) is 1.55. The molecule has 82 valence electrons. The number of hydrogen-bond acceptors (Lipinski definition) is 4. The average molecular weight is 202 g/mol. The molecule has 0 aromatic heterocycles. The predicted octanol–water partition coefficient (Wildman–Crippen LogP) is -2.09. The summed E-state index contributed by atoms with van der Waals surface area (Å²) in [5.41, 5.74) is 10.6. The molecule has 0 heterocycles. The second kappa shape index (κ2) is 6.33. The number of nitrogens with two attached hydrogens (primary N) is 2. The van der Waals surface area contributed by atoms with Gasteiger partial charge in [-0.15, -0.1) is 0 Å². The fourth-order valence-corrected chi connectivity index (χ4v) is 0.693. The van der Waals surface area contributed by atoms with E-state index in [-0.39, 0.29) is 11.8 Å². The van der Waals surface area contributed by atoms with Crippen molar-refractivity contribution >= 4 is 11.8 Å². The van der Waals surface area contributed by atoms with Crippen molar-refractivity contribution in [1.82, 2.24) is 10.6 Å². The maximum atomic E-state index is 10.9. The van der Waals surface area contributed by atoms with Gasteiger partial charge in [0, 0.05) is 13.1 Å². The summed E-state index contributed by atoms with van der Waals surface area (Å²) in [6, 6.07) is -1.06. The van der Waals surface area contributed by atoms with Gasteiger partial charge < -0.3 is 22.1 Å². The lowest BCUT2D eigenvalue weighted by Gasteiger charge is -2.09. The van der Waals surface area contributed by atoms with Crippen molar-refractivity contribution in [2.45, 2.75) is 25.9 Å². The summed E-state index contributed by atoms with van der Waals surface area (Å²) in [5, 5.41) is 5.11. The van der Waals surface area contributed by atoms with Crippen LogP contribution >= 0.6 is 0 Å². The maximum Gasteiger partial charge on any atom is 0.236 e. The lowest BCUT2D eigenvalue weighted by molar-refractivity contribution is -0.123. The molecule has 2 amide bonds. The second-order valence-electron chi connectivity index (χ2n) is 3.16. The molecule has 14 heavy (non-hydrogen) atoms. The van der Waals surface area contributed by atoms with Crippen LogP contribution in [-0.4, -0.2) is 37.0 Å². The van der Waals surface area contributed by atoms with E-state index in [1.807, 2.05) is 0 Å². The van der Waals surface area contributed by atoms with E-state index in [4.69, 9.17) is 11.5 Å². The maximum absolute atomic E-state index is 10.9. The second-order valence-corrected chi connectivity index (χ2v) is 3.16. The fraction of sp³-hybridized carbons (Fsp3) is 0.750. The van der Waals surface area contributed by atoms with Crippen molar-refractivity contribution < 1.29 is 9.59 Å². The van der Waals surface area contributed by atoms with Gasteiger partial charge in [0.25, 0.3) is 0 Å². The average Bonchev–Trinajstić information content (AvgIpc) is 2.11. The van der Waals surface area contributed by atoms with E-state index in [1.54, 1.807) is 13.8 Å². The molecule has 0 aliphatic rings. The summed E-state index contributed by atoms with van der Waals surface area (Å²) < 4.78 is 0. The Bertz CT molecular complexity index is 182. The minimum atomic E-state index is -0.529. The van der Waals surface area contributed by atoms with Crippen molar-refractivity contribution in [2.24, 2.45) is 11.5 Å². The van der Waals surface area contributed by atoms with Crippen molar-refractivity contribution in [3.05, 3.63) is 0 Å². The third kappa shape index (κ3) is 5.50. The summed E-state index contributed by atoms with van der Waals surface area (Å²) in [6.07, 6.45) is 0. The molecule has 0 radical (unpaired) electrons. The van der Waals surface area contributed by atoms with E-state index < -0.39 is 12.1 Å². The summed E-state index contributed by atoms with van der Waals surface area (Å²) in [7, 11) is 0. The van der Waals surface area contributed by atoms with Crippen molar-refractivity contribution in [2.75, 3.05) is 13.1 Å². The van der Waals surface area contributed by atoms with Gasteiger partial charge in [-0.05, 0) is 13.8 Å². The van der Waals surface area contributed by atoms with Crippen LogP contribution in [0.2, 0.25) is 0 Å². The zero-order chi connectivity index (χ0) is 11.1. The molecule has 0 fully saturated rings. The van der Waals surface area contributed by atoms with E-state index in [2.05, 4.69) is 10.6 Å². The fourth-order valence-electron chi connectivity index (χ4n) is 0.693. The zero-order valence-corrected chi connectivity index (χ0v) is 8.54. The number of nitrogens with one attached hydrogen (secondary N) is 2. The highest BCUT2D eigenvalue weighted by atomic mass is 16.2. The van der Waals surface area contributed by atoms with E-state index in [0.29, 0.717) is 13.1 Å². The first-order chi connectivity index (χ1) is 6.45. The SMILES string of the molecule is CC(N)C(=O)NCCNC(=O)C(C)N. The van der Waals surface area contributed by atoms with E-state index in [9.17, 15) is 9.59 Å². The summed E-state index contributed by atoms with van der Waals surface area (Å²) in [6.45, 7) is 3.91. The first-order valence-electron chi connectivity index (χ1n) is 4.51. The summed E-state index contributed by atoms with van der Waals surface area (Å²) in [4.78, 5) is 21.9. The molecule has 0 rings (SSSR count). The van der Waals surface area contributed by atoms with Crippen LogP contribution in [0.4, 0.5) is 0 Å². The van der Waals surface area contributed by atoms with Gasteiger partial charge in [-0.3, -0.25) is 9.59 Å². The highest BCUT2D eigenvalue weighted by molar-refractivity contribution is 5.82. The molecule has 6 heteroatoms. The molecule has 0 aromatic carbocycles. The minimum absolute atomic E-state index is 0.236. The quantitative estimate of drug-likeness (QED) is 0.383. The van der Waals surface area contributed by atoms with E-state index in [1.165, 1.54) is 0 Å². The lowest BCUT2D eigenvalue weighted by atomic mass is 10.3. The minimum Gasteiger partial charge on any atom is -0.353 e. The van der Waals surface area contributed by atoms with Crippen LogP contribution in [0.15, 0.2) is 0 Å². The Hall–Kier alpha value is -1.14. The predicted molar refractivity (Wildman–Crippen MR) is 53.3 cm³/mol. The molecule has 0 aliphatic heterocycles. The molecule has 0 saturated carbocycles. The van der Waals surface area contributed by atoms with Crippen LogP contribution in [0.3, 0.4) is 0 Å². The molecule has 0 spiro atoms. The van der Waals surface area contributed by atoms with Crippen molar-refractivity contribution in [3.8, 4) is 0 Å². The molecule has 0 aliphatic carbocycles. The monoisotopic (exact) mass is 202 g/mol. The molecule has 2 unspecified atom stereocenters. The van der Waals surface area contributed by atoms with E-state index >= 15 is 0 Å². The van der Waals surface area contributed by atoms with Gasteiger partial charge >= 0.3 is 0 Å². The molecule has 2 atom stereocenters. The number of rotatable bonds is 5. The molecule has 6 nitrogen and oxygen atoms in total. The largest absolute Gasteiger partial charge is 0.353 e. The van der Waals surface area contributed by atoms with Crippen LogP contribution in [0.1, 0.15) is 13.8 Å². The number of hydrogen-bond donors (Lipinski definition) is 4. The molecule has 0 bridgehead atoms. The van der Waals surface area contributed by atoms with Gasteiger partial charge in [0.15, 0.2) is 0 Å². The summed E-state index contributed by atoms with van der Waals surface area (Å²) >= 11 is 0. The topological polar surface area (TPSA) is 110 Å². The Labute approximate surface area is 83.4 Å². The van der Waals surface area contributed by atoms with E-state index in [0.717, 1.165) is 0 Å². The van der Waals surface area contributed by atoms with Crippen LogP contribution < -0.4 is 22.1 Å². The molecular formula is C8H18N4O2. The van der Waals surface area contributed by atoms with Crippen LogP contribution in [0.25, 0.3) is 0 Å². The lowest BCUT2D eigenvalue weighted by Crippen LogP contribution is -2.44. The van der Waals surface area contributed by atoms with Gasteiger partial charge in [-0.1, -0.05) is 0 Å². The van der Waals surface area contributed by atoms with Gasteiger partial charge in [0.2, 0.25) is 11.8 Å². The van der Waals surface area contributed by atoms with Crippen molar-refractivity contribution in [3.63, 3.8) is 0 Å².